The molecule has 0 saturated heterocycles. The number of likely N-dealkylation sites (N-methyl/N-ethyl adjacent to an activating group) is 1. The van der Waals surface area contributed by atoms with Crippen LogP contribution in [0.15, 0.2) is 60.8 Å². The summed E-state index contributed by atoms with van der Waals surface area (Å²) in [6.45, 7) is 4.58. The van der Waals surface area contributed by atoms with E-state index in [1.165, 1.54) is 25.7 Å². The number of phosphoric ester groups is 1. The fourth-order valence-electron chi connectivity index (χ4n) is 4.52. The Hall–Kier alpha value is -1.80. The number of aliphatic hydroxyl groups excluding tert-OH is 1. The van der Waals surface area contributed by atoms with Gasteiger partial charge >= 0.3 is 7.82 Å². The van der Waals surface area contributed by atoms with Crippen molar-refractivity contribution in [2.75, 3.05) is 40.9 Å². The number of nitrogens with zero attached hydrogens (tertiary/aromatic N) is 1. The molecular formula is C38H70N2O6P+. The first-order valence-electron chi connectivity index (χ1n) is 18.2. The molecule has 0 radical (unpaired) electrons. The molecule has 0 aromatic rings. The first-order chi connectivity index (χ1) is 22.5. The van der Waals surface area contributed by atoms with Crippen LogP contribution in [0.5, 0.6) is 0 Å². The molecule has 9 heteroatoms. The quantitative estimate of drug-likeness (QED) is 0.0292. The zero-order chi connectivity index (χ0) is 35.1. The van der Waals surface area contributed by atoms with Crippen molar-refractivity contribution in [2.45, 2.75) is 135 Å². The smallest absolute Gasteiger partial charge is 0.387 e. The molecule has 3 atom stereocenters. The Morgan fingerprint density at radius 2 is 1.30 bits per heavy atom. The van der Waals surface area contributed by atoms with Gasteiger partial charge < -0.3 is 19.8 Å². The summed E-state index contributed by atoms with van der Waals surface area (Å²) in [5.41, 5.74) is 0. The fourth-order valence-corrected chi connectivity index (χ4v) is 5.25. The maximum Gasteiger partial charge on any atom is 0.472 e. The topological polar surface area (TPSA) is 105 Å². The zero-order valence-corrected chi connectivity index (χ0v) is 31.4. The molecule has 3 N–H and O–H groups in total. The molecule has 0 bridgehead atoms. The monoisotopic (exact) mass is 681 g/mol. The summed E-state index contributed by atoms with van der Waals surface area (Å²) in [7, 11) is 1.52. The standard InChI is InChI=1S/C38H69N2O6P/c1-6-8-10-12-14-16-18-19-20-21-22-24-26-28-30-32-38(42)39-36(35-46-47(43,44)45-34-33-40(3,4)5)37(41)31-29-27-25-23-17-15-13-11-9-7-2/h9,11,14,16-17,19-20,23,29,31,36-37,41H,6-8,10,12-13,15,18,21-22,24-28,30,32-35H2,1-5H3,(H-,39,42,43,44)/p+1/b11-9+,16-14-,20-19-,23-17+,31-29+. The lowest BCUT2D eigenvalue weighted by molar-refractivity contribution is -0.870. The molecule has 0 aromatic carbocycles. The number of rotatable bonds is 31. The van der Waals surface area contributed by atoms with Crippen LogP contribution in [0.2, 0.25) is 0 Å². The van der Waals surface area contributed by atoms with Crippen LogP contribution in [0.4, 0.5) is 0 Å². The number of nitrogens with one attached hydrogen (secondary N) is 1. The van der Waals surface area contributed by atoms with Crippen molar-refractivity contribution in [2.24, 2.45) is 0 Å². The molecule has 0 spiro atoms. The van der Waals surface area contributed by atoms with E-state index in [9.17, 15) is 19.4 Å². The molecule has 8 nitrogen and oxygen atoms in total. The van der Waals surface area contributed by atoms with E-state index in [0.717, 1.165) is 77.0 Å². The maximum absolute atomic E-state index is 12.7. The van der Waals surface area contributed by atoms with Crippen molar-refractivity contribution in [3.05, 3.63) is 60.8 Å². The van der Waals surface area contributed by atoms with E-state index in [4.69, 9.17) is 9.05 Å². The first-order valence-corrected chi connectivity index (χ1v) is 19.7. The molecule has 0 aromatic heterocycles. The Morgan fingerprint density at radius 1 is 0.745 bits per heavy atom. The van der Waals surface area contributed by atoms with E-state index in [1.54, 1.807) is 6.08 Å². The lowest BCUT2D eigenvalue weighted by Gasteiger charge is -2.25. The average molecular weight is 682 g/mol. The highest BCUT2D eigenvalue weighted by Gasteiger charge is 2.27. The number of aliphatic hydroxyl groups is 1. The van der Waals surface area contributed by atoms with Crippen LogP contribution >= 0.6 is 7.82 Å². The molecular weight excluding hydrogens is 611 g/mol. The van der Waals surface area contributed by atoms with Gasteiger partial charge in [-0.1, -0.05) is 107 Å². The number of carbonyl (C=O) groups excluding carboxylic acids is 1. The number of hydrogen-bond donors (Lipinski definition) is 3. The molecule has 0 heterocycles. The highest BCUT2D eigenvalue weighted by atomic mass is 31.2. The third kappa shape index (κ3) is 32.5. The maximum atomic E-state index is 12.7. The Kier molecular flexibility index (Phi) is 29.1. The van der Waals surface area contributed by atoms with Crippen LogP contribution in [0.3, 0.4) is 0 Å². The molecule has 0 aliphatic heterocycles. The summed E-state index contributed by atoms with van der Waals surface area (Å²) < 4.78 is 23.3. The van der Waals surface area contributed by atoms with Gasteiger partial charge in [-0.15, -0.1) is 0 Å². The molecule has 0 rings (SSSR count). The van der Waals surface area contributed by atoms with E-state index < -0.39 is 20.0 Å². The SMILES string of the molecule is CC/C=C/CC/C=C/CC/C=C/C(O)C(COP(=O)(O)OCC[N+](C)(C)C)NC(=O)CCCCCCC/C=C\C/C=C\CCCCC. The number of carbonyl (C=O) groups is 1. The Labute approximate surface area is 288 Å². The van der Waals surface area contributed by atoms with Gasteiger partial charge in [-0.3, -0.25) is 13.8 Å². The van der Waals surface area contributed by atoms with Crippen LogP contribution in [0, 0.1) is 0 Å². The van der Waals surface area contributed by atoms with Gasteiger partial charge in [0, 0.05) is 6.42 Å². The highest BCUT2D eigenvalue weighted by molar-refractivity contribution is 7.47. The molecule has 0 aliphatic carbocycles. The Bertz CT molecular complexity index is 954. The summed E-state index contributed by atoms with van der Waals surface area (Å²) in [6, 6.07) is -0.875. The molecule has 272 valence electrons. The average Bonchev–Trinajstić information content (AvgIpc) is 3.01. The minimum Gasteiger partial charge on any atom is -0.387 e. The number of amides is 1. The van der Waals surface area contributed by atoms with Crippen molar-refractivity contribution in [1.29, 1.82) is 0 Å². The third-order valence-corrected chi connectivity index (χ3v) is 8.43. The van der Waals surface area contributed by atoms with Crippen LogP contribution < -0.4 is 5.32 Å². The molecule has 0 fully saturated rings. The number of allylic oxidation sites excluding steroid dienone is 9. The largest absolute Gasteiger partial charge is 0.472 e. The molecule has 3 unspecified atom stereocenters. The Morgan fingerprint density at radius 3 is 1.91 bits per heavy atom. The second-order valence-electron chi connectivity index (χ2n) is 13.2. The molecule has 0 saturated carbocycles. The van der Waals surface area contributed by atoms with Crippen LogP contribution in [-0.4, -0.2) is 73.4 Å². The lowest BCUT2D eigenvalue weighted by Crippen LogP contribution is -2.45. The van der Waals surface area contributed by atoms with Gasteiger partial charge in [0.2, 0.25) is 5.91 Å². The number of phosphoric acid groups is 1. The predicted octanol–water partition coefficient (Wildman–Crippen LogP) is 9.12. The second kappa shape index (κ2) is 30.3. The minimum absolute atomic E-state index is 0.0476. The van der Waals surface area contributed by atoms with E-state index in [2.05, 4.69) is 67.8 Å². The predicted molar refractivity (Wildman–Crippen MR) is 198 cm³/mol. The lowest BCUT2D eigenvalue weighted by atomic mass is 10.1. The fraction of sp³-hybridized carbons (Fsp3) is 0.711. The highest BCUT2D eigenvalue weighted by Crippen LogP contribution is 2.43. The van der Waals surface area contributed by atoms with Crippen molar-refractivity contribution >= 4 is 13.7 Å². The van der Waals surface area contributed by atoms with Crippen molar-refractivity contribution in [3.8, 4) is 0 Å². The van der Waals surface area contributed by atoms with Crippen molar-refractivity contribution < 1.29 is 32.9 Å². The van der Waals surface area contributed by atoms with Crippen LogP contribution in [0.25, 0.3) is 0 Å². The number of quaternary nitrogens is 1. The van der Waals surface area contributed by atoms with E-state index in [1.807, 2.05) is 27.2 Å². The first kappa shape index (κ1) is 45.2. The summed E-state index contributed by atoms with van der Waals surface area (Å²) >= 11 is 0. The summed E-state index contributed by atoms with van der Waals surface area (Å²) in [4.78, 5) is 22.9. The molecule has 0 aliphatic rings. The number of unbranched alkanes of at least 4 members (excludes halogenated alkanes) is 10. The van der Waals surface area contributed by atoms with Gasteiger partial charge in [-0.05, 0) is 70.6 Å². The molecule has 1 amide bonds. The zero-order valence-electron chi connectivity index (χ0n) is 30.5. The summed E-state index contributed by atoms with van der Waals surface area (Å²) in [5.74, 6) is -0.212. The van der Waals surface area contributed by atoms with E-state index >= 15 is 0 Å². The normalized spacial score (nSPS) is 15.5. The van der Waals surface area contributed by atoms with Crippen LogP contribution in [0.1, 0.15) is 123 Å². The second-order valence-corrected chi connectivity index (χ2v) is 14.6. The van der Waals surface area contributed by atoms with Crippen molar-refractivity contribution in [1.82, 2.24) is 5.32 Å². The molecule has 47 heavy (non-hydrogen) atoms. The van der Waals surface area contributed by atoms with Gasteiger partial charge in [0.25, 0.3) is 0 Å². The van der Waals surface area contributed by atoms with Gasteiger partial charge in [0.1, 0.15) is 13.2 Å². The van der Waals surface area contributed by atoms with Crippen molar-refractivity contribution in [3.63, 3.8) is 0 Å². The van der Waals surface area contributed by atoms with E-state index in [0.29, 0.717) is 17.4 Å². The van der Waals surface area contributed by atoms with Gasteiger partial charge in [0.15, 0.2) is 0 Å². The third-order valence-electron chi connectivity index (χ3n) is 7.45. The van der Waals surface area contributed by atoms with Crippen LogP contribution in [-0.2, 0) is 18.4 Å². The summed E-state index contributed by atoms with van der Waals surface area (Å²) in [6.07, 6.45) is 37.2. The van der Waals surface area contributed by atoms with E-state index in [-0.39, 0.29) is 19.1 Å². The Balaban J connectivity index is 4.62. The van der Waals surface area contributed by atoms with Gasteiger partial charge in [-0.2, -0.15) is 0 Å². The number of hydrogen-bond acceptors (Lipinski definition) is 5. The minimum atomic E-state index is -4.34. The summed E-state index contributed by atoms with van der Waals surface area (Å²) in [5, 5.41) is 13.6. The van der Waals surface area contributed by atoms with Gasteiger partial charge in [0.05, 0.1) is 39.9 Å². The van der Waals surface area contributed by atoms with Gasteiger partial charge in [-0.25, -0.2) is 4.57 Å².